The van der Waals surface area contributed by atoms with Gasteiger partial charge in [0, 0.05) is 17.7 Å². The van der Waals surface area contributed by atoms with Crippen LogP contribution in [0, 0.1) is 17.2 Å². The third-order valence-electron chi connectivity index (χ3n) is 2.82. The minimum Gasteiger partial charge on any atom is -0.496 e. The van der Waals surface area contributed by atoms with E-state index in [1.807, 2.05) is 6.07 Å². The summed E-state index contributed by atoms with van der Waals surface area (Å²) < 4.78 is 5.30. The van der Waals surface area contributed by atoms with E-state index >= 15 is 0 Å². The van der Waals surface area contributed by atoms with Crippen molar-refractivity contribution in [1.29, 1.82) is 5.26 Å². The zero-order valence-corrected chi connectivity index (χ0v) is 9.74. The number of ether oxygens (including phenoxy) is 1. The Bertz CT molecular complexity index is 495. The average molecular weight is 214 g/mol. The van der Waals surface area contributed by atoms with E-state index in [9.17, 15) is 0 Å². The second-order valence-electron chi connectivity index (χ2n) is 4.22. The number of nitriles is 1. The summed E-state index contributed by atoms with van der Waals surface area (Å²) in [6.45, 7) is 4.25. The lowest BCUT2D eigenvalue weighted by molar-refractivity contribution is 0.411. The first-order valence-corrected chi connectivity index (χ1v) is 5.34. The van der Waals surface area contributed by atoms with Gasteiger partial charge in [-0.05, 0) is 18.1 Å². The van der Waals surface area contributed by atoms with Crippen molar-refractivity contribution in [3.05, 3.63) is 23.3 Å². The molecule has 2 rings (SSSR count). The molecule has 16 heavy (non-hydrogen) atoms. The highest BCUT2D eigenvalue weighted by Gasteiger charge is 2.21. The molecule has 0 unspecified atom stereocenters. The molecular formula is C13H14N2O. The van der Waals surface area contributed by atoms with Gasteiger partial charge >= 0.3 is 0 Å². The highest BCUT2D eigenvalue weighted by Crippen LogP contribution is 2.36. The Morgan fingerprint density at radius 1 is 1.44 bits per heavy atom. The molecule has 0 N–H and O–H groups in total. The van der Waals surface area contributed by atoms with Crippen LogP contribution in [0.15, 0.2) is 17.1 Å². The molecule has 0 aliphatic carbocycles. The van der Waals surface area contributed by atoms with Crippen molar-refractivity contribution < 1.29 is 4.74 Å². The van der Waals surface area contributed by atoms with Crippen molar-refractivity contribution in [2.75, 3.05) is 7.11 Å². The predicted molar refractivity (Wildman–Crippen MR) is 63.3 cm³/mol. The molecule has 0 radical (unpaired) electrons. The normalized spacial score (nSPS) is 13.3. The van der Waals surface area contributed by atoms with E-state index in [1.54, 1.807) is 13.2 Å². The highest BCUT2D eigenvalue weighted by atomic mass is 16.5. The van der Waals surface area contributed by atoms with Gasteiger partial charge < -0.3 is 4.74 Å². The molecule has 0 spiro atoms. The minimum absolute atomic E-state index is 0.433. The Hall–Kier alpha value is -1.82. The maximum Gasteiger partial charge on any atom is 0.125 e. The van der Waals surface area contributed by atoms with Crippen molar-refractivity contribution in [3.8, 4) is 11.8 Å². The van der Waals surface area contributed by atoms with Crippen molar-refractivity contribution in [2.24, 2.45) is 10.9 Å². The van der Waals surface area contributed by atoms with E-state index in [0.717, 1.165) is 29.1 Å². The smallest absolute Gasteiger partial charge is 0.125 e. The third-order valence-corrected chi connectivity index (χ3v) is 2.82. The first-order valence-electron chi connectivity index (χ1n) is 5.34. The van der Waals surface area contributed by atoms with Crippen LogP contribution in [0.25, 0.3) is 0 Å². The van der Waals surface area contributed by atoms with Gasteiger partial charge in [-0.2, -0.15) is 5.26 Å². The van der Waals surface area contributed by atoms with Crippen LogP contribution in [0.5, 0.6) is 5.75 Å². The molecule has 1 aromatic rings. The number of methoxy groups -OCH3 is 1. The van der Waals surface area contributed by atoms with E-state index < -0.39 is 0 Å². The zero-order chi connectivity index (χ0) is 11.7. The average Bonchev–Trinajstić information content (AvgIpc) is 2.71. The second-order valence-corrected chi connectivity index (χ2v) is 4.22. The van der Waals surface area contributed by atoms with Crippen molar-refractivity contribution in [3.63, 3.8) is 0 Å². The Morgan fingerprint density at radius 3 is 2.75 bits per heavy atom. The molecule has 1 aromatic carbocycles. The maximum atomic E-state index is 8.91. The predicted octanol–water partition coefficient (Wildman–Crippen LogP) is 2.85. The van der Waals surface area contributed by atoms with Gasteiger partial charge in [0.1, 0.15) is 5.75 Å². The lowest BCUT2D eigenvalue weighted by atomic mass is 10.0. The first kappa shape index (κ1) is 10.7. The van der Waals surface area contributed by atoms with Crippen LogP contribution in [0.2, 0.25) is 0 Å². The molecule has 0 bridgehead atoms. The summed E-state index contributed by atoms with van der Waals surface area (Å²) in [5.74, 6) is 1.20. The van der Waals surface area contributed by atoms with Crippen LogP contribution >= 0.6 is 0 Å². The number of nitrogens with zero attached hydrogens (tertiary/aromatic N) is 2. The standard InChI is InChI=1S/C13H14N2O/c1-8(2)11-6-10-12(15-11)4-9(7-14)5-13(10)16-3/h4-5,8H,6H2,1-3H3. The quantitative estimate of drug-likeness (QED) is 0.759. The number of rotatable bonds is 2. The summed E-state index contributed by atoms with van der Waals surface area (Å²) in [7, 11) is 1.63. The molecule has 0 fully saturated rings. The Labute approximate surface area is 95.4 Å². The van der Waals surface area contributed by atoms with Gasteiger partial charge in [0.25, 0.3) is 0 Å². The van der Waals surface area contributed by atoms with E-state index in [4.69, 9.17) is 10.00 Å². The van der Waals surface area contributed by atoms with Gasteiger partial charge in [0.2, 0.25) is 0 Å². The van der Waals surface area contributed by atoms with E-state index in [2.05, 4.69) is 24.9 Å². The topological polar surface area (TPSA) is 45.4 Å². The zero-order valence-electron chi connectivity index (χ0n) is 9.74. The maximum absolute atomic E-state index is 8.91. The molecule has 0 atom stereocenters. The lowest BCUT2D eigenvalue weighted by Gasteiger charge is -2.07. The van der Waals surface area contributed by atoms with Gasteiger partial charge in [0.05, 0.1) is 24.4 Å². The van der Waals surface area contributed by atoms with Gasteiger partial charge in [-0.25, -0.2) is 0 Å². The van der Waals surface area contributed by atoms with Crippen molar-refractivity contribution in [1.82, 2.24) is 0 Å². The van der Waals surface area contributed by atoms with Crippen molar-refractivity contribution >= 4 is 11.4 Å². The van der Waals surface area contributed by atoms with Crippen LogP contribution in [0.4, 0.5) is 5.69 Å². The lowest BCUT2D eigenvalue weighted by Crippen LogP contribution is -2.06. The van der Waals surface area contributed by atoms with Gasteiger partial charge in [-0.15, -0.1) is 0 Å². The largest absolute Gasteiger partial charge is 0.496 e. The van der Waals surface area contributed by atoms with Crippen LogP contribution in [0.1, 0.15) is 25.0 Å². The fourth-order valence-electron chi connectivity index (χ4n) is 1.86. The fraction of sp³-hybridized carbons (Fsp3) is 0.385. The molecule has 3 heteroatoms. The number of hydrogen-bond acceptors (Lipinski definition) is 3. The molecule has 0 saturated heterocycles. The summed E-state index contributed by atoms with van der Waals surface area (Å²) >= 11 is 0. The van der Waals surface area contributed by atoms with Gasteiger partial charge in [0.15, 0.2) is 0 Å². The molecule has 82 valence electrons. The summed E-state index contributed by atoms with van der Waals surface area (Å²) in [6.07, 6.45) is 0.835. The van der Waals surface area contributed by atoms with Crippen LogP contribution in [-0.2, 0) is 6.42 Å². The van der Waals surface area contributed by atoms with Crippen LogP contribution < -0.4 is 4.74 Å². The number of hydrogen-bond donors (Lipinski definition) is 0. The van der Waals surface area contributed by atoms with E-state index in [0.29, 0.717) is 11.5 Å². The SMILES string of the molecule is COc1cc(C#N)cc2c1CC(C(C)C)=N2. The molecule has 0 saturated carbocycles. The monoisotopic (exact) mass is 214 g/mol. The number of fused-ring (bicyclic) bond motifs is 1. The van der Waals surface area contributed by atoms with Crippen molar-refractivity contribution in [2.45, 2.75) is 20.3 Å². The molecule has 1 aliphatic rings. The van der Waals surface area contributed by atoms with Gasteiger partial charge in [-0.1, -0.05) is 13.8 Å². The highest BCUT2D eigenvalue weighted by molar-refractivity contribution is 5.96. The molecule has 3 nitrogen and oxygen atoms in total. The Morgan fingerprint density at radius 2 is 2.19 bits per heavy atom. The van der Waals surface area contributed by atoms with Crippen LogP contribution in [0.3, 0.4) is 0 Å². The molecular weight excluding hydrogens is 200 g/mol. The first-order chi connectivity index (χ1) is 7.65. The van der Waals surface area contributed by atoms with Gasteiger partial charge in [-0.3, -0.25) is 4.99 Å². The summed E-state index contributed by atoms with van der Waals surface area (Å²) in [4.78, 5) is 4.55. The van der Waals surface area contributed by atoms with E-state index in [1.165, 1.54) is 0 Å². The number of benzene rings is 1. The Kier molecular flexibility index (Phi) is 2.66. The number of aliphatic imine (C=N–C) groups is 1. The molecule has 0 aromatic heterocycles. The Balaban J connectivity index is 2.50. The summed E-state index contributed by atoms with van der Waals surface area (Å²) in [5, 5.41) is 8.91. The molecule has 1 aliphatic heterocycles. The molecule has 1 heterocycles. The summed E-state index contributed by atoms with van der Waals surface area (Å²) in [5.41, 5.74) is 3.75. The fourth-order valence-corrected chi connectivity index (χ4v) is 1.86. The van der Waals surface area contributed by atoms with Crippen LogP contribution in [-0.4, -0.2) is 12.8 Å². The summed E-state index contributed by atoms with van der Waals surface area (Å²) in [6, 6.07) is 5.73. The minimum atomic E-state index is 0.433. The van der Waals surface area contributed by atoms with E-state index in [-0.39, 0.29) is 0 Å². The molecule has 0 amide bonds. The second kappa shape index (κ2) is 3.97. The third kappa shape index (κ3) is 1.67.